The zero-order valence-corrected chi connectivity index (χ0v) is 29.7. The van der Waals surface area contributed by atoms with E-state index in [1.165, 1.54) is 32.8 Å². The normalized spacial score (nSPS) is 11.6. The third-order valence-electron chi connectivity index (χ3n) is 10.7. The maximum Gasteiger partial charge on any atom is 0.227 e. The molecule has 0 spiro atoms. The molecule has 0 bridgehead atoms. The predicted octanol–water partition coefficient (Wildman–Crippen LogP) is 14.5. The van der Waals surface area contributed by atoms with E-state index in [-0.39, 0.29) is 0 Å². The summed E-state index contributed by atoms with van der Waals surface area (Å²) >= 11 is 0. The first-order valence-corrected chi connectivity index (χ1v) is 18.5. The number of nitrogens with zero attached hydrogens (tertiary/aromatic N) is 2. The standard InChI is InChI=1S/C51H32N2O2/c1-3-13-33(14-4-1)34-25-27-37(28-26-34)53(45-30-29-41(40-20-9-10-21-42(40)45)39-22-11-18-35-15-7-8-19-38(35)39)46-23-12-24-47-50(46)43-31-44-49(32-48(43)54-47)55-51(52-44)36-16-5-2-6-17-36/h1-32H. The highest BCUT2D eigenvalue weighted by Crippen LogP contribution is 2.47. The summed E-state index contributed by atoms with van der Waals surface area (Å²) in [7, 11) is 0. The van der Waals surface area contributed by atoms with Gasteiger partial charge in [-0.3, -0.25) is 0 Å². The molecule has 0 amide bonds. The summed E-state index contributed by atoms with van der Waals surface area (Å²) < 4.78 is 12.9. The van der Waals surface area contributed by atoms with Crippen LogP contribution in [0.25, 0.3) is 88.3 Å². The van der Waals surface area contributed by atoms with Crippen molar-refractivity contribution >= 4 is 71.6 Å². The molecule has 2 heterocycles. The number of furan rings is 1. The highest BCUT2D eigenvalue weighted by Gasteiger charge is 2.23. The minimum atomic E-state index is 0.589. The largest absolute Gasteiger partial charge is 0.456 e. The lowest BCUT2D eigenvalue weighted by atomic mass is 9.92. The molecule has 0 fully saturated rings. The molecule has 11 aromatic rings. The Labute approximate surface area is 317 Å². The van der Waals surface area contributed by atoms with Gasteiger partial charge in [-0.2, -0.15) is 0 Å². The highest BCUT2D eigenvalue weighted by atomic mass is 16.4. The Hall–Kier alpha value is -7.43. The summed E-state index contributed by atoms with van der Waals surface area (Å²) in [4.78, 5) is 7.31. The third-order valence-corrected chi connectivity index (χ3v) is 10.7. The van der Waals surface area contributed by atoms with Gasteiger partial charge in [-0.25, -0.2) is 4.98 Å². The van der Waals surface area contributed by atoms with Crippen LogP contribution in [0.3, 0.4) is 0 Å². The van der Waals surface area contributed by atoms with Gasteiger partial charge in [-0.1, -0.05) is 140 Å². The third kappa shape index (κ3) is 5.19. The van der Waals surface area contributed by atoms with Gasteiger partial charge in [-0.05, 0) is 86.9 Å². The number of hydrogen-bond acceptors (Lipinski definition) is 4. The smallest absolute Gasteiger partial charge is 0.227 e. The van der Waals surface area contributed by atoms with Crippen LogP contribution in [0.5, 0.6) is 0 Å². The van der Waals surface area contributed by atoms with E-state index in [2.05, 4.69) is 157 Å². The molecule has 0 aliphatic heterocycles. The fourth-order valence-electron chi connectivity index (χ4n) is 8.13. The van der Waals surface area contributed by atoms with Crippen molar-refractivity contribution in [2.75, 3.05) is 4.90 Å². The average molecular weight is 705 g/mol. The molecule has 11 rings (SSSR count). The molecule has 2 aromatic heterocycles. The van der Waals surface area contributed by atoms with Crippen molar-refractivity contribution in [1.82, 2.24) is 4.98 Å². The summed E-state index contributed by atoms with van der Waals surface area (Å²) in [5.41, 5.74) is 11.8. The number of oxazole rings is 1. The van der Waals surface area contributed by atoms with Crippen LogP contribution in [0.1, 0.15) is 0 Å². The first-order chi connectivity index (χ1) is 27.3. The van der Waals surface area contributed by atoms with Gasteiger partial charge in [0.05, 0.1) is 16.8 Å². The maximum atomic E-state index is 6.61. The van der Waals surface area contributed by atoms with E-state index in [4.69, 9.17) is 13.8 Å². The summed E-state index contributed by atoms with van der Waals surface area (Å²) in [6.45, 7) is 0. The molecular weight excluding hydrogens is 673 g/mol. The first kappa shape index (κ1) is 31.1. The Morgan fingerprint density at radius 2 is 1.04 bits per heavy atom. The molecular formula is C51H32N2O2. The topological polar surface area (TPSA) is 42.4 Å². The van der Waals surface area contributed by atoms with Crippen LogP contribution in [0.15, 0.2) is 203 Å². The second-order valence-corrected chi connectivity index (χ2v) is 13.9. The number of hydrogen-bond donors (Lipinski definition) is 0. The van der Waals surface area contributed by atoms with E-state index < -0.39 is 0 Å². The van der Waals surface area contributed by atoms with Crippen molar-refractivity contribution in [1.29, 1.82) is 0 Å². The lowest BCUT2D eigenvalue weighted by Gasteiger charge is -2.28. The molecule has 4 nitrogen and oxygen atoms in total. The average Bonchev–Trinajstić information content (AvgIpc) is 3.84. The van der Waals surface area contributed by atoms with E-state index >= 15 is 0 Å². The molecule has 55 heavy (non-hydrogen) atoms. The van der Waals surface area contributed by atoms with Crippen LogP contribution in [0.4, 0.5) is 17.1 Å². The van der Waals surface area contributed by atoms with Gasteiger partial charge in [-0.15, -0.1) is 0 Å². The van der Waals surface area contributed by atoms with Gasteiger partial charge in [0.15, 0.2) is 5.58 Å². The Kier molecular flexibility index (Phi) is 7.14. The second-order valence-electron chi connectivity index (χ2n) is 13.9. The summed E-state index contributed by atoms with van der Waals surface area (Å²) in [6.07, 6.45) is 0. The monoisotopic (exact) mass is 704 g/mol. The molecule has 0 aliphatic carbocycles. The van der Waals surface area contributed by atoms with E-state index in [0.29, 0.717) is 11.5 Å². The van der Waals surface area contributed by atoms with Crippen LogP contribution >= 0.6 is 0 Å². The van der Waals surface area contributed by atoms with Gasteiger partial charge in [0.2, 0.25) is 5.89 Å². The number of fused-ring (bicyclic) bond motifs is 6. The van der Waals surface area contributed by atoms with Crippen molar-refractivity contribution in [2.45, 2.75) is 0 Å². The zero-order valence-electron chi connectivity index (χ0n) is 29.7. The molecule has 9 aromatic carbocycles. The fourth-order valence-corrected chi connectivity index (χ4v) is 8.13. The van der Waals surface area contributed by atoms with Crippen LogP contribution in [0.2, 0.25) is 0 Å². The number of aromatic nitrogens is 1. The number of benzene rings is 9. The van der Waals surface area contributed by atoms with Crippen LogP contribution < -0.4 is 4.90 Å². The van der Waals surface area contributed by atoms with E-state index in [9.17, 15) is 0 Å². The molecule has 4 heteroatoms. The van der Waals surface area contributed by atoms with Gasteiger partial charge < -0.3 is 13.7 Å². The number of rotatable bonds is 6. The Balaban J connectivity index is 1.15. The quantitative estimate of drug-likeness (QED) is 0.173. The molecule has 0 unspecified atom stereocenters. The summed E-state index contributed by atoms with van der Waals surface area (Å²) in [5.74, 6) is 0.589. The molecule has 258 valence electrons. The summed E-state index contributed by atoms with van der Waals surface area (Å²) in [5, 5.41) is 6.79. The van der Waals surface area contributed by atoms with Gasteiger partial charge in [0.25, 0.3) is 0 Å². The van der Waals surface area contributed by atoms with Crippen molar-refractivity contribution < 1.29 is 8.83 Å². The van der Waals surface area contributed by atoms with Crippen LogP contribution in [-0.4, -0.2) is 4.98 Å². The molecule has 0 saturated heterocycles. The molecule has 0 aliphatic rings. The van der Waals surface area contributed by atoms with Crippen molar-refractivity contribution in [3.63, 3.8) is 0 Å². The van der Waals surface area contributed by atoms with Crippen LogP contribution in [0, 0.1) is 0 Å². The Morgan fingerprint density at radius 1 is 0.382 bits per heavy atom. The predicted molar refractivity (Wildman–Crippen MR) is 227 cm³/mol. The second kappa shape index (κ2) is 12.6. The first-order valence-electron chi connectivity index (χ1n) is 18.5. The Bertz CT molecular complexity index is 3190. The fraction of sp³-hybridized carbons (Fsp3) is 0. The summed E-state index contributed by atoms with van der Waals surface area (Å²) in [6, 6.07) is 68.3. The minimum Gasteiger partial charge on any atom is -0.456 e. The lowest BCUT2D eigenvalue weighted by molar-refractivity contribution is 0.617. The van der Waals surface area contributed by atoms with E-state index in [1.807, 2.05) is 42.5 Å². The van der Waals surface area contributed by atoms with Gasteiger partial charge in [0, 0.05) is 28.1 Å². The van der Waals surface area contributed by atoms with Crippen molar-refractivity contribution in [3.8, 4) is 33.7 Å². The van der Waals surface area contributed by atoms with E-state index in [1.54, 1.807) is 0 Å². The lowest BCUT2D eigenvalue weighted by Crippen LogP contribution is -2.11. The van der Waals surface area contributed by atoms with Crippen molar-refractivity contribution in [3.05, 3.63) is 194 Å². The van der Waals surface area contributed by atoms with Gasteiger partial charge in [0.1, 0.15) is 16.7 Å². The molecule has 0 N–H and O–H groups in total. The molecule has 0 saturated carbocycles. The van der Waals surface area contributed by atoms with Crippen LogP contribution in [-0.2, 0) is 0 Å². The molecule has 0 radical (unpaired) electrons. The SMILES string of the molecule is c1ccc(-c2ccc(N(c3ccc(-c4cccc5ccccc45)c4ccccc34)c3cccc4oc5cc6oc(-c7ccccc7)nc6cc5c34)cc2)cc1. The Morgan fingerprint density at radius 3 is 1.85 bits per heavy atom. The van der Waals surface area contributed by atoms with Gasteiger partial charge >= 0.3 is 0 Å². The minimum absolute atomic E-state index is 0.589. The van der Waals surface area contributed by atoms with Crippen molar-refractivity contribution in [2.24, 2.45) is 0 Å². The number of anilines is 3. The molecule has 0 atom stereocenters. The maximum absolute atomic E-state index is 6.61. The van der Waals surface area contributed by atoms with E-state index in [0.717, 1.165) is 61.0 Å². The highest BCUT2D eigenvalue weighted by molar-refractivity contribution is 6.17. The zero-order chi connectivity index (χ0) is 36.3.